The molecule has 8 nitrogen and oxygen atoms in total. The van der Waals surface area contributed by atoms with E-state index >= 15 is 0 Å². The van der Waals surface area contributed by atoms with Crippen LogP contribution in [0.15, 0.2) is 54.6 Å². The molecule has 0 unspecified atom stereocenters. The van der Waals surface area contributed by atoms with Gasteiger partial charge in [-0.1, -0.05) is 30.3 Å². The lowest BCUT2D eigenvalue weighted by Gasteiger charge is -2.45. The van der Waals surface area contributed by atoms with E-state index in [0.29, 0.717) is 25.9 Å². The Morgan fingerprint density at radius 1 is 0.946 bits per heavy atom. The number of aliphatic hydroxyl groups excluding tert-OH is 1. The van der Waals surface area contributed by atoms with Gasteiger partial charge in [0.25, 0.3) is 5.91 Å². The lowest BCUT2D eigenvalue weighted by Crippen LogP contribution is -2.58. The fourth-order valence-corrected chi connectivity index (χ4v) is 5.54. The van der Waals surface area contributed by atoms with Crippen LogP contribution < -0.4 is 4.90 Å². The average Bonchev–Trinajstić information content (AvgIpc) is 2.91. The van der Waals surface area contributed by atoms with Crippen molar-refractivity contribution in [3.63, 3.8) is 0 Å². The van der Waals surface area contributed by atoms with E-state index in [9.17, 15) is 19.1 Å². The van der Waals surface area contributed by atoms with Gasteiger partial charge in [0.05, 0.1) is 43.4 Å². The van der Waals surface area contributed by atoms with Crippen LogP contribution in [0.4, 0.5) is 10.1 Å². The van der Waals surface area contributed by atoms with Gasteiger partial charge in [-0.05, 0) is 37.1 Å². The standard InChI is InChI=1S/C28H34FN3O5/c29-24-9-5-4-8-23(24)28(35)32-17-21(33)18-36-19-26-25(32)11-10-22(37-26)16-27(34)31-14-12-30(13-15-31)20-6-2-1-3-7-20/h1-9,21-22,25-26,33H,10-19H2/t21-,22-,25-,26+/m1/s1. The number of halogens is 1. The smallest absolute Gasteiger partial charge is 0.257 e. The van der Waals surface area contributed by atoms with Gasteiger partial charge in [0.2, 0.25) is 5.91 Å². The highest BCUT2D eigenvalue weighted by Crippen LogP contribution is 2.29. The van der Waals surface area contributed by atoms with E-state index in [4.69, 9.17) is 9.47 Å². The van der Waals surface area contributed by atoms with Gasteiger partial charge in [-0.3, -0.25) is 9.59 Å². The van der Waals surface area contributed by atoms with Crippen molar-refractivity contribution in [2.75, 3.05) is 50.8 Å². The Morgan fingerprint density at radius 2 is 1.68 bits per heavy atom. The molecule has 0 saturated carbocycles. The molecular weight excluding hydrogens is 477 g/mol. The lowest BCUT2D eigenvalue weighted by molar-refractivity contribution is -0.155. The molecule has 3 heterocycles. The molecule has 2 amide bonds. The quantitative estimate of drug-likeness (QED) is 0.679. The molecular formula is C28H34FN3O5. The van der Waals surface area contributed by atoms with Gasteiger partial charge < -0.3 is 29.3 Å². The van der Waals surface area contributed by atoms with Crippen LogP contribution in [0.25, 0.3) is 0 Å². The van der Waals surface area contributed by atoms with E-state index in [2.05, 4.69) is 17.0 Å². The number of para-hydroxylation sites is 1. The summed E-state index contributed by atoms with van der Waals surface area (Å²) in [7, 11) is 0. The molecule has 3 fully saturated rings. The molecule has 37 heavy (non-hydrogen) atoms. The number of anilines is 1. The number of ether oxygens (including phenoxy) is 2. The van der Waals surface area contributed by atoms with E-state index in [1.165, 1.54) is 28.8 Å². The minimum atomic E-state index is -0.870. The van der Waals surface area contributed by atoms with Crippen molar-refractivity contribution in [1.29, 1.82) is 0 Å². The predicted molar refractivity (Wildman–Crippen MR) is 136 cm³/mol. The molecule has 3 saturated heterocycles. The number of amides is 2. The topological polar surface area (TPSA) is 82.5 Å². The van der Waals surface area contributed by atoms with Crippen LogP contribution in [0.2, 0.25) is 0 Å². The molecule has 0 bridgehead atoms. The van der Waals surface area contributed by atoms with Crippen molar-refractivity contribution in [3.05, 3.63) is 66.0 Å². The minimum absolute atomic E-state index is 0.0260. The number of carbonyl (C=O) groups excluding carboxylic acids is 2. The second kappa shape index (κ2) is 11.6. The van der Waals surface area contributed by atoms with Gasteiger partial charge in [0.15, 0.2) is 0 Å². The molecule has 0 radical (unpaired) electrons. The molecule has 3 aliphatic heterocycles. The van der Waals surface area contributed by atoms with Crippen molar-refractivity contribution < 1.29 is 28.6 Å². The first kappa shape index (κ1) is 25.6. The Labute approximate surface area is 216 Å². The summed E-state index contributed by atoms with van der Waals surface area (Å²) in [5.41, 5.74) is 1.14. The zero-order valence-electron chi connectivity index (χ0n) is 20.9. The summed E-state index contributed by atoms with van der Waals surface area (Å²) in [6, 6.07) is 15.7. The Balaban J connectivity index is 1.20. The molecule has 0 aliphatic carbocycles. The van der Waals surface area contributed by atoms with Crippen LogP contribution in [0.1, 0.15) is 29.6 Å². The summed E-state index contributed by atoms with van der Waals surface area (Å²) >= 11 is 0. The summed E-state index contributed by atoms with van der Waals surface area (Å²) in [6.45, 7) is 3.19. The van der Waals surface area contributed by atoms with Crippen LogP contribution in [-0.2, 0) is 14.3 Å². The highest BCUT2D eigenvalue weighted by atomic mass is 19.1. The normalized spacial score (nSPS) is 26.7. The van der Waals surface area contributed by atoms with Crippen LogP contribution in [0.5, 0.6) is 0 Å². The van der Waals surface area contributed by atoms with Gasteiger partial charge in [-0.2, -0.15) is 0 Å². The maximum absolute atomic E-state index is 14.4. The third-order valence-corrected chi connectivity index (χ3v) is 7.50. The number of rotatable bonds is 4. The largest absolute Gasteiger partial charge is 0.389 e. The number of hydrogen-bond acceptors (Lipinski definition) is 6. The van der Waals surface area contributed by atoms with Crippen molar-refractivity contribution in [3.8, 4) is 0 Å². The van der Waals surface area contributed by atoms with Crippen molar-refractivity contribution in [2.24, 2.45) is 0 Å². The molecule has 4 atom stereocenters. The lowest BCUT2D eigenvalue weighted by atomic mass is 9.94. The Bertz CT molecular complexity index is 1080. The van der Waals surface area contributed by atoms with Crippen molar-refractivity contribution in [2.45, 2.75) is 43.6 Å². The second-order valence-corrected chi connectivity index (χ2v) is 9.98. The number of fused-ring (bicyclic) bond motifs is 1. The first-order valence-electron chi connectivity index (χ1n) is 13.0. The Kier molecular flexibility index (Phi) is 8.02. The molecule has 3 aliphatic rings. The Hall–Kier alpha value is -3.01. The van der Waals surface area contributed by atoms with Crippen molar-refractivity contribution in [1.82, 2.24) is 9.80 Å². The van der Waals surface area contributed by atoms with Gasteiger partial charge in [0, 0.05) is 38.4 Å². The van der Waals surface area contributed by atoms with Crippen molar-refractivity contribution >= 4 is 17.5 Å². The number of aliphatic hydroxyl groups is 1. The Morgan fingerprint density at radius 3 is 2.43 bits per heavy atom. The highest BCUT2D eigenvalue weighted by molar-refractivity contribution is 5.94. The predicted octanol–water partition coefficient (Wildman–Crippen LogP) is 2.31. The molecule has 9 heteroatoms. The third kappa shape index (κ3) is 5.95. The van der Waals surface area contributed by atoms with Crippen LogP contribution in [-0.4, -0.2) is 97.0 Å². The number of piperazine rings is 1. The summed E-state index contributed by atoms with van der Waals surface area (Å²) in [5, 5.41) is 10.3. The van der Waals surface area contributed by atoms with Gasteiger partial charge in [-0.25, -0.2) is 4.39 Å². The summed E-state index contributed by atoms with van der Waals surface area (Å²) in [4.78, 5) is 32.1. The zero-order valence-corrected chi connectivity index (χ0v) is 20.9. The van der Waals surface area contributed by atoms with E-state index in [0.717, 1.165) is 13.1 Å². The first-order chi connectivity index (χ1) is 18.0. The maximum atomic E-state index is 14.4. The van der Waals surface area contributed by atoms with E-state index < -0.39 is 23.9 Å². The summed E-state index contributed by atoms with van der Waals surface area (Å²) in [6.07, 6.45) is -0.151. The molecule has 5 rings (SSSR count). The van der Waals surface area contributed by atoms with E-state index in [1.54, 1.807) is 6.07 Å². The van der Waals surface area contributed by atoms with Gasteiger partial charge in [0.1, 0.15) is 11.9 Å². The molecule has 2 aromatic carbocycles. The van der Waals surface area contributed by atoms with Gasteiger partial charge in [-0.15, -0.1) is 0 Å². The fraction of sp³-hybridized carbons (Fsp3) is 0.500. The molecule has 0 aromatic heterocycles. The molecule has 0 spiro atoms. The summed E-state index contributed by atoms with van der Waals surface area (Å²) in [5.74, 6) is -0.995. The maximum Gasteiger partial charge on any atom is 0.257 e. The first-order valence-corrected chi connectivity index (χ1v) is 13.0. The van der Waals surface area contributed by atoms with Gasteiger partial charge >= 0.3 is 0 Å². The molecule has 198 valence electrons. The second-order valence-electron chi connectivity index (χ2n) is 9.98. The number of carbonyl (C=O) groups is 2. The number of β-amino-alcohol motifs (C(OH)–C–C–N with tert-alkyl or cyclic N) is 1. The van der Waals surface area contributed by atoms with E-state index in [1.807, 2.05) is 23.1 Å². The molecule has 1 N–H and O–H groups in total. The van der Waals surface area contributed by atoms with Crippen LogP contribution in [0.3, 0.4) is 0 Å². The zero-order chi connectivity index (χ0) is 25.8. The van der Waals surface area contributed by atoms with E-state index in [-0.39, 0.29) is 49.8 Å². The monoisotopic (exact) mass is 511 g/mol. The number of benzene rings is 2. The highest BCUT2D eigenvalue weighted by Gasteiger charge is 2.41. The third-order valence-electron chi connectivity index (χ3n) is 7.50. The minimum Gasteiger partial charge on any atom is -0.389 e. The van der Waals surface area contributed by atoms with Crippen LogP contribution in [0, 0.1) is 5.82 Å². The molecule has 2 aromatic rings. The number of hydrogen-bond donors (Lipinski definition) is 1. The average molecular weight is 512 g/mol. The SMILES string of the molecule is O=C(C[C@H]1CC[C@@H]2[C@H](COC[C@H](O)CN2C(=O)c2ccccc2F)O1)N1CCN(c2ccccc2)CC1. The number of nitrogens with zero attached hydrogens (tertiary/aromatic N) is 3. The fourth-order valence-electron chi connectivity index (χ4n) is 5.54. The summed E-state index contributed by atoms with van der Waals surface area (Å²) < 4.78 is 26.3. The van der Waals surface area contributed by atoms with Crippen LogP contribution >= 0.6 is 0 Å².